The van der Waals surface area contributed by atoms with Gasteiger partial charge < -0.3 is 10.1 Å². The van der Waals surface area contributed by atoms with Gasteiger partial charge in [-0.3, -0.25) is 4.98 Å². The highest BCUT2D eigenvalue weighted by Gasteiger charge is 2.37. The van der Waals surface area contributed by atoms with Crippen LogP contribution in [0.5, 0.6) is 5.75 Å². The van der Waals surface area contributed by atoms with Crippen molar-refractivity contribution in [1.82, 2.24) is 10.3 Å². The third-order valence-corrected chi connectivity index (χ3v) is 4.15. The van der Waals surface area contributed by atoms with Gasteiger partial charge in [0.25, 0.3) is 0 Å². The Balaban J connectivity index is 1.79. The van der Waals surface area contributed by atoms with Crippen LogP contribution in [0.4, 0.5) is 0 Å². The van der Waals surface area contributed by atoms with Gasteiger partial charge in [0, 0.05) is 18.2 Å². The van der Waals surface area contributed by atoms with Gasteiger partial charge in [-0.1, -0.05) is 0 Å². The number of aromatic nitrogens is 1. The molecule has 1 saturated carbocycles. The van der Waals surface area contributed by atoms with Gasteiger partial charge in [-0.25, -0.2) is 0 Å². The molecule has 2 aliphatic rings. The lowest BCUT2D eigenvalue weighted by molar-refractivity contribution is 0.241. The van der Waals surface area contributed by atoms with Crippen LogP contribution >= 0.6 is 0 Å². The second kappa shape index (κ2) is 4.88. The van der Waals surface area contributed by atoms with Crippen LogP contribution in [0.25, 0.3) is 0 Å². The number of ether oxygens (including phenoxy) is 1. The summed E-state index contributed by atoms with van der Waals surface area (Å²) in [6.07, 6.45) is 8.02. The molecule has 1 aliphatic heterocycles. The van der Waals surface area contributed by atoms with Crippen molar-refractivity contribution in [1.29, 1.82) is 0 Å². The molecule has 0 radical (unpaired) electrons. The molecule has 0 spiro atoms. The van der Waals surface area contributed by atoms with Crippen LogP contribution < -0.4 is 10.1 Å². The predicted molar refractivity (Wildman–Crippen MR) is 71.9 cm³/mol. The molecule has 1 saturated heterocycles. The Kier molecular flexibility index (Phi) is 3.25. The average molecular weight is 246 g/mol. The molecule has 3 rings (SSSR count). The number of fused-ring (bicyclic) bond motifs is 2. The molecule has 18 heavy (non-hydrogen) atoms. The van der Waals surface area contributed by atoms with Crippen LogP contribution in [0.1, 0.15) is 44.6 Å². The molecular formula is C15H22N2O. The fourth-order valence-corrected chi connectivity index (χ4v) is 3.42. The molecule has 2 bridgehead atoms. The van der Waals surface area contributed by atoms with Crippen LogP contribution in [0, 0.1) is 5.92 Å². The molecule has 0 aromatic carbocycles. The van der Waals surface area contributed by atoms with Crippen molar-refractivity contribution < 1.29 is 4.74 Å². The zero-order valence-electron chi connectivity index (χ0n) is 11.2. The summed E-state index contributed by atoms with van der Waals surface area (Å²) in [7, 11) is 0. The largest absolute Gasteiger partial charge is 0.489 e. The van der Waals surface area contributed by atoms with E-state index in [1.54, 1.807) is 0 Å². The zero-order chi connectivity index (χ0) is 12.5. The first-order valence-corrected chi connectivity index (χ1v) is 7.07. The van der Waals surface area contributed by atoms with E-state index in [9.17, 15) is 0 Å². The first kappa shape index (κ1) is 12.0. The Labute approximate surface area is 109 Å². The van der Waals surface area contributed by atoms with Gasteiger partial charge in [-0.15, -0.1) is 0 Å². The van der Waals surface area contributed by atoms with Crippen molar-refractivity contribution in [2.45, 2.75) is 51.2 Å². The topological polar surface area (TPSA) is 34.1 Å². The zero-order valence-corrected chi connectivity index (χ0v) is 11.2. The number of hydrogen-bond acceptors (Lipinski definition) is 3. The number of piperidine rings is 1. The Bertz CT molecular complexity index is 419. The predicted octanol–water partition coefficient (Wildman–Crippen LogP) is 2.72. The molecule has 1 aliphatic carbocycles. The van der Waals surface area contributed by atoms with Crippen LogP contribution in [-0.2, 0) is 0 Å². The molecule has 2 fully saturated rings. The van der Waals surface area contributed by atoms with Gasteiger partial charge in [0.2, 0.25) is 0 Å². The van der Waals surface area contributed by atoms with Gasteiger partial charge in [0.15, 0.2) is 0 Å². The average Bonchev–Trinajstić information content (AvgIpc) is 2.64. The summed E-state index contributed by atoms with van der Waals surface area (Å²) in [6.45, 7) is 5.29. The number of pyridine rings is 1. The highest BCUT2D eigenvalue weighted by molar-refractivity contribution is 5.29. The van der Waals surface area contributed by atoms with Crippen molar-refractivity contribution >= 4 is 0 Å². The quantitative estimate of drug-likeness (QED) is 0.890. The van der Waals surface area contributed by atoms with E-state index in [-0.39, 0.29) is 6.10 Å². The SMILES string of the molecule is CC(C)Oc1cncc(C2CC3CCNC2C3)c1. The van der Waals surface area contributed by atoms with E-state index >= 15 is 0 Å². The van der Waals surface area contributed by atoms with Crippen molar-refractivity contribution in [3.8, 4) is 5.75 Å². The highest BCUT2D eigenvalue weighted by Crippen LogP contribution is 2.42. The maximum Gasteiger partial charge on any atom is 0.138 e. The summed E-state index contributed by atoms with van der Waals surface area (Å²) >= 11 is 0. The van der Waals surface area contributed by atoms with E-state index in [4.69, 9.17) is 4.74 Å². The molecule has 3 atom stereocenters. The highest BCUT2D eigenvalue weighted by atomic mass is 16.5. The van der Waals surface area contributed by atoms with E-state index in [0.717, 1.165) is 11.7 Å². The Morgan fingerprint density at radius 3 is 3.00 bits per heavy atom. The van der Waals surface area contributed by atoms with Gasteiger partial charge in [0.1, 0.15) is 5.75 Å². The number of hydrogen-bond donors (Lipinski definition) is 1. The summed E-state index contributed by atoms with van der Waals surface area (Å²) < 4.78 is 5.74. The standard InChI is InChI=1S/C15H22N2O/c1-10(2)18-13-7-12(8-16-9-13)14-5-11-3-4-17-15(14)6-11/h7-11,14-15,17H,3-6H2,1-2H3. The van der Waals surface area contributed by atoms with Crippen molar-refractivity contribution in [2.24, 2.45) is 5.92 Å². The smallest absolute Gasteiger partial charge is 0.138 e. The van der Waals surface area contributed by atoms with Crippen LogP contribution in [0.3, 0.4) is 0 Å². The maximum absolute atomic E-state index is 5.74. The van der Waals surface area contributed by atoms with E-state index in [0.29, 0.717) is 12.0 Å². The number of nitrogens with zero attached hydrogens (tertiary/aromatic N) is 1. The van der Waals surface area contributed by atoms with Crippen molar-refractivity contribution in [2.75, 3.05) is 6.54 Å². The molecule has 3 heteroatoms. The molecule has 0 amide bonds. The van der Waals surface area contributed by atoms with Gasteiger partial charge in [0.05, 0.1) is 12.3 Å². The lowest BCUT2D eigenvalue weighted by Crippen LogP contribution is -2.35. The Hall–Kier alpha value is -1.09. The summed E-state index contributed by atoms with van der Waals surface area (Å²) in [5.41, 5.74) is 1.34. The molecular weight excluding hydrogens is 224 g/mol. The fraction of sp³-hybridized carbons (Fsp3) is 0.667. The second-order valence-corrected chi connectivity index (χ2v) is 5.91. The second-order valence-electron chi connectivity index (χ2n) is 5.91. The first-order chi connectivity index (χ1) is 8.72. The molecule has 1 aromatic heterocycles. The van der Waals surface area contributed by atoms with Crippen molar-refractivity contribution in [3.05, 3.63) is 24.0 Å². The first-order valence-electron chi connectivity index (χ1n) is 7.07. The monoisotopic (exact) mass is 246 g/mol. The molecule has 1 N–H and O–H groups in total. The molecule has 3 nitrogen and oxygen atoms in total. The summed E-state index contributed by atoms with van der Waals surface area (Å²) in [4.78, 5) is 4.34. The van der Waals surface area contributed by atoms with E-state index in [2.05, 4.69) is 30.2 Å². The third kappa shape index (κ3) is 2.37. The molecule has 2 heterocycles. The minimum absolute atomic E-state index is 0.211. The van der Waals surface area contributed by atoms with Gasteiger partial charge >= 0.3 is 0 Å². The minimum atomic E-state index is 0.211. The minimum Gasteiger partial charge on any atom is -0.489 e. The van der Waals surface area contributed by atoms with Crippen LogP contribution in [0.2, 0.25) is 0 Å². The third-order valence-electron chi connectivity index (χ3n) is 4.15. The summed E-state index contributed by atoms with van der Waals surface area (Å²) in [5.74, 6) is 2.44. The van der Waals surface area contributed by atoms with E-state index < -0.39 is 0 Å². The Morgan fingerprint density at radius 2 is 2.22 bits per heavy atom. The van der Waals surface area contributed by atoms with Gasteiger partial charge in [-0.05, 0) is 57.2 Å². The summed E-state index contributed by atoms with van der Waals surface area (Å²) in [5, 5.41) is 3.65. The summed E-state index contributed by atoms with van der Waals surface area (Å²) in [6, 6.07) is 2.83. The van der Waals surface area contributed by atoms with E-state index in [1.807, 2.05) is 12.4 Å². The van der Waals surface area contributed by atoms with Crippen LogP contribution in [-0.4, -0.2) is 23.7 Å². The molecule has 3 unspecified atom stereocenters. The normalized spacial score (nSPS) is 30.7. The number of rotatable bonds is 3. The lowest BCUT2D eigenvalue weighted by atomic mass is 9.95. The molecule has 98 valence electrons. The molecule has 1 aromatic rings. The van der Waals surface area contributed by atoms with E-state index in [1.165, 1.54) is 31.4 Å². The number of nitrogens with one attached hydrogen (secondary N) is 1. The Morgan fingerprint density at radius 1 is 1.33 bits per heavy atom. The fourth-order valence-electron chi connectivity index (χ4n) is 3.42. The maximum atomic E-state index is 5.74. The van der Waals surface area contributed by atoms with Crippen molar-refractivity contribution in [3.63, 3.8) is 0 Å². The van der Waals surface area contributed by atoms with Gasteiger partial charge in [-0.2, -0.15) is 0 Å². The lowest BCUT2D eigenvalue weighted by Gasteiger charge is -2.23. The van der Waals surface area contributed by atoms with Crippen LogP contribution in [0.15, 0.2) is 18.5 Å².